The summed E-state index contributed by atoms with van der Waals surface area (Å²) in [5.74, 6) is 1.28. The molecule has 1 aromatic heterocycles. The van der Waals surface area contributed by atoms with Gasteiger partial charge in [-0.1, -0.05) is 36.4 Å². The zero-order valence-corrected chi connectivity index (χ0v) is 19.3. The third kappa shape index (κ3) is 5.64. The van der Waals surface area contributed by atoms with E-state index in [1.807, 2.05) is 56.4 Å². The van der Waals surface area contributed by atoms with Crippen molar-refractivity contribution >= 4 is 12.0 Å². The Labute approximate surface area is 195 Å². The summed E-state index contributed by atoms with van der Waals surface area (Å²) in [6.45, 7) is 5.75. The largest absolute Gasteiger partial charge is 0.490 e. The molecule has 1 heterocycles. The zero-order valence-electron chi connectivity index (χ0n) is 19.3. The molecule has 1 atom stereocenters. The highest BCUT2D eigenvalue weighted by Gasteiger charge is 2.25. The number of hydrogen-bond acceptors (Lipinski definition) is 4. The topological polar surface area (TPSA) is 65.4 Å². The molecule has 1 N–H and O–H groups in total. The number of amides is 1. The minimum absolute atomic E-state index is 0.0188. The quantitative estimate of drug-likeness (QED) is 0.474. The SMILES string of the molecule is CCOc1ccc(/C=C/C(=O)NC2CCCc3c2cnn3Cc2ccccc2)cc1OCC. The van der Waals surface area contributed by atoms with Crippen molar-refractivity contribution in [3.8, 4) is 11.5 Å². The van der Waals surface area contributed by atoms with Gasteiger partial charge in [-0.2, -0.15) is 5.10 Å². The number of nitrogens with one attached hydrogen (secondary N) is 1. The fourth-order valence-electron chi connectivity index (χ4n) is 4.22. The molecule has 4 rings (SSSR count). The van der Waals surface area contributed by atoms with Crippen LogP contribution in [0.15, 0.2) is 60.8 Å². The minimum Gasteiger partial charge on any atom is -0.490 e. The van der Waals surface area contributed by atoms with Gasteiger partial charge in [-0.25, -0.2) is 0 Å². The molecule has 0 saturated carbocycles. The number of hydrogen-bond donors (Lipinski definition) is 1. The molecule has 0 radical (unpaired) electrons. The van der Waals surface area contributed by atoms with E-state index in [9.17, 15) is 4.79 Å². The Morgan fingerprint density at radius 2 is 1.91 bits per heavy atom. The molecule has 6 heteroatoms. The molecule has 0 fully saturated rings. The average molecular weight is 446 g/mol. The van der Waals surface area contributed by atoms with Gasteiger partial charge in [0.1, 0.15) is 0 Å². The summed E-state index contributed by atoms with van der Waals surface area (Å²) in [5, 5.41) is 7.78. The summed E-state index contributed by atoms with van der Waals surface area (Å²) in [5.41, 5.74) is 4.45. The van der Waals surface area contributed by atoms with Crippen molar-refractivity contribution in [1.29, 1.82) is 0 Å². The number of fused-ring (bicyclic) bond motifs is 1. The first-order chi connectivity index (χ1) is 16.2. The molecule has 172 valence electrons. The van der Waals surface area contributed by atoms with Crippen molar-refractivity contribution < 1.29 is 14.3 Å². The number of rotatable bonds is 9. The van der Waals surface area contributed by atoms with Crippen LogP contribution in [0.25, 0.3) is 6.08 Å². The number of carbonyl (C=O) groups excluding carboxylic acids is 1. The van der Waals surface area contributed by atoms with Gasteiger partial charge in [-0.15, -0.1) is 0 Å². The lowest BCUT2D eigenvalue weighted by Crippen LogP contribution is -2.29. The maximum Gasteiger partial charge on any atom is 0.244 e. The van der Waals surface area contributed by atoms with E-state index < -0.39 is 0 Å². The van der Waals surface area contributed by atoms with Crippen LogP contribution in [0.5, 0.6) is 11.5 Å². The lowest BCUT2D eigenvalue weighted by Gasteiger charge is -2.23. The van der Waals surface area contributed by atoms with Gasteiger partial charge >= 0.3 is 0 Å². The normalized spacial score (nSPS) is 15.3. The Balaban J connectivity index is 1.43. The third-order valence-corrected chi connectivity index (χ3v) is 5.75. The Morgan fingerprint density at radius 3 is 2.70 bits per heavy atom. The van der Waals surface area contributed by atoms with E-state index in [1.54, 1.807) is 12.2 Å². The van der Waals surface area contributed by atoms with Crippen LogP contribution in [0.3, 0.4) is 0 Å². The summed E-state index contributed by atoms with van der Waals surface area (Å²) in [7, 11) is 0. The molecule has 1 aliphatic carbocycles. The molecule has 0 saturated heterocycles. The van der Waals surface area contributed by atoms with E-state index in [0.717, 1.165) is 36.9 Å². The summed E-state index contributed by atoms with van der Waals surface area (Å²) >= 11 is 0. The van der Waals surface area contributed by atoms with Crippen LogP contribution >= 0.6 is 0 Å². The van der Waals surface area contributed by atoms with Crippen LogP contribution in [0.4, 0.5) is 0 Å². The van der Waals surface area contributed by atoms with Gasteiger partial charge in [0.2, 0.25) is 5.91 Å². The van der Waals surface area contributed by atoms with E-state index in [2.05, 4.69) is 27.2 Å². The van der Waals surface area contributed by atoms with Gasteiger partial charge in [-0.05, 0) is 62.4 Å². The first kappa shape index (κ1) is 22.6. The second-order valence-electron chi connectivity index (χ2n) is 8.05. The van der Waals surface area contributed by atoms with Crippen molar-refractivity contribution in [2.75, 3.05) is 13.2 Å². The minimum atomic E-state index is -0.115. The fourth-order valence-corrected chi connectivity index (χ4v) is 4.22. The molecule has 6 nitrogen and oxygen atoms in total. The molecule has 33 heavy (non-hydrogen) atoms. The predicted octanol–water partition coefficient (Wildman–Crippen LogP) is 4.94. The second-order valence-corrected chi connectivity index (χ2v) is 8.05. The molecule has 2 aromatic carbocycles. The lowest BCUT2D eigenvalue weighted by atomic mass is 9.93. The predicted molar refractivity (Wildman–Crippen MR) is 129 cm³/mol. The lowest BCUT2D eigenvalue weighted by molar-refractivity contribution is -0.117. The summed E-state index contributed by atoms with van der Waals surface area (Å²) in [6, 6.07) is 16.0. The van der Waals surface area contributed by atoms with E-state index >= 15 is 0 Å². The van der Waals surface area contributed by atoms with Gasteiger partial charge in [0.25, 0.3) is 0 Å². The highest BCUT2D eigenvalue weighted by Crippen LogP contribution is 2.31. The van der Waals surface area contributed by atoms with Gasteiger partial charge < -0.3 is 14.8 Å². The average Bonchev–Trinajstić information content (AvgIpc) is 3.24. The van der Waals surface area contributed by atoms with Crippen molar-refractivity contribution in [1.82, 2.24) is 15.1 Å². The van der Waals surface area contributed by atoms with E-state index in [4.69, 9.17) is 9.47 Å². The number of benzene rings is 2. The maximum absolute atomic E-state index is 12.7. The van der Waals surface area contributed by atoms with Crippen LogP contribution in [-0.2, 0) is 17.8 Å². The molecule has 0 aliphatic heterocycles. The van der Waals surface area contributed by atoms with E-state index in [1.165, 1.54) is 11.3 Å². The standard InChI is InChI=1S/C27H31N3O3/c1-3-32-25-15-13-20(17-26(25)33-4-2)14-16-27(31)29-23-11-8-12-24-22(23)18-28-30(24)19-21-9-6-5-7-10-21/h5-7,9-10,13-18,23H,3-4,8,11-12,19H2,1-2H3,(H,29,31)/b16-14+. The Bertz CT molecular complexity index is 1110. The van der Waals surface area contributed by atoms with Crippen molar-refractivity contribution in [2.24, 2.45) is 0 Å². The van der Waals surface area contributed by atoms with Crippen LogP contribution < -0.4 is 14.8 Å². The third-order valence-electron chi connectivity index (χ3n) is 5.75. The monoisotopic (exact) mass is 445 g/mol. The smallest absolute Gasteiger partial charge is 0.244 e. The fraction of sp³-hybridized carbons (Fsp3) is 0.333. The molecule has 0 bridgehead atoms. The molecular formula is C27H31N3O3. The van der Waals surface area contributed by atoms with Crippen LogP contribution in [-0.4, -0.2) is 28.9 Å². The summed E-state index contributed by atoms with van der Waals surface area (Å²) in [6.07, 6.45) is 8.22. The molecule has 1 aliphatic rings. The van der Waals surface area contributed by atoms with Gasteiger partial charge in [0.15, 0.2) is 11.5 Å². The molecule has 3 aromatic rings. The maximum atomic E-state index is 12.7. The number of carbonyl (C=O) groups is 1. The van der Waals surface area contributed by atoms with Crippen LogP contribution in [0, 0.1) is 0 Å². The van der Waals surface area contributed by atoms with Crippen molar-refractivity contribution in [3.05, 3.63) is 83.2 Å². The second kappa shape index (κ2) is 10.9. The van der Waals surface area contributed by atoms with Crippen molar-refractivity contribution in [3.63, 3.8) is 0 Å². The highest BCUT2D eigenvalue weighted by molar-refractivity contribution is 5.92. The molecule has 1 unspecified atom stereocenters. The Hall–Kier alpha value is -3.54. The van der Waals surface area contributed by atoms with Crippen LogP contribution in [0.1, 0.15) is 55.1 Å². The van der Waals surface area contributed by atoms with Gasteiger partial charge in [0, 0.05) is 17.3 Å². The Kier molecular flexibility index (Phi) is 7.45. The van der Waals surface area contributed by atoms with Crippen molar-refractivity contribution in [2.45, 2.75) is 45.7 Å². The first-order valence-corrected chi connectivity index (χ1v) is 11.6. The van der Waals surface area contributed by atoms with E-state index in [-0.39, 0.29) is 11.9 Å². The van der Waals surface area contributed by atoms with E-state index in [0.29, 0.717) is 24.7 Å². The van der Waals surface area contributed by atoms with Crippen LogP contribution in [0.2, 0.25) is 0 Å². The number of ether oxygens (including phenoxy) is 2. The highest BCUT2D eigenvalue weighted by atomic mass is 16.5. The van der Waals surface area contributed by atoms with Gasteiger partial charge in [0.05, 0.1) is 32.0 Å². The van der Waals surface area contributed by atoms with Gasteiger partial charge in [-0.3, -0.25) is 9.48 Å². The number of nitrogens with zero attached hydrogens (tertiary/aromatic N) is 2. The summed E-state index contributed by atoms with van der Waals surface area (Å²) < 4.78 is 13.3. The zero-order chi connectivity index (χ0) is 23.0. The molecule has 1 amide bonds. The Morgan fingerprint density at radius 1 is 1.12 bits per heavy atom. The summed E-state index contributed by atoms with van der Waals surface area (Å²) in [4.78, 5) is 12.7. The number of aromatic nitrogens is 2. The molecule has 0 spiro atoms. The first-order valence-electron chi connectivity index (χ1n) is 11.6. The molecular weight excluding hydrogens is 414 g/mol.